The summed E-state index contributed by atoms with van der Waals surface area (Å²) in [6.45, 7) is 11.7. The lowest BCUT2D eigenvalue weighted by Crippen LogP contribution is -2.23. The Morgan fingerprint density at radius 1 is 1.03 bits per heavy atom. The molecule has 0 saturated carbocycles. The minimum absolute atomic E-state index is 0.222. The van der Waals surface area contributed by atoms with Gasteiger partial charge in [0.2, 0.25) is 0 Å². The summed E-state index contributed by atoms with van der Waals surface area (Å²) in [7, 11) is 0. The summed E-state index contributed by atoms with van der Waals surface area (Å²) in [5.74, 6) is -3.70. The average molecular weight is 417 g/mol. The van der Waals surface area contributed by atoms with Crippen LogP contribution in [0.3, 0.4) is 0 Å². The van der Waals surface area contributed by atoms with E-state index in [-0.39, 0.29) is 22.1 Å². The van der Waals surface area contributed by atoms with Crippen molar-refractivity contribution >= 4 is 23.3 Å². The zero-order chi connectivity index (χ0) is 23.0. The highest BCUT2D eigenvalue weighted by molar-refractivity contribution is 6.05. The zero-order valence-corrected chi connectivity index (χ0v) is 17.7. The fourth-order valence-corrected chi connectivity index (χ4v) is 2.65. The second kappa shape index (κ2) is 7.81. The van der Waals surface area contributed by atoms with E-state index in [1.165, 1.54) is 0 Å². The molecule has 1 aromatic carbocycles. The van der Waals surface area contributed by atoms with Crippen LogP contribution in [-0.4, -0.2) is 26.9 Å². The number of nitrogens with zero attached hydrogens (tertiary/aromatic N) is 2. The number of amides is 1. The quantitative estimate of drug-likeness (QED) is 0.550. The summed E-state index contributed by atoms with van der Waals surface area (Å²) in [6.07, 6.45) is 0. The number of carboxylic acids is 1. The van der Waals surface area contributed by atoms with Crippen LogP contribution in [0.25, 0.3) is 0 Å². The molecule has 9 heteroatoms. The minimum Gasteiger partial charge on any atom is -0.477 e. The number of nitro groups is 1. The van der Waals surface area contributed by atoms with Gasteiger partial charge in [0.15, 0.2) is 5.56 Å². The highest BCUT2D eigenvalue weighted by atomic mass is 19.1. The van der Waals surface area contributed by atoms with Crippen molar-refractivity contribution in [1.29, 1.82) is 0 Å². The molecular formula is C21H24FN3O5. The summed E-state index contributed by atoms with van der Waals surface area (Å²) < 4.78 is 14.2. The first-order valence-corrected chi connectivity index (χ1v) is 9.17. The van der Waals surface area contributed by atoms with Gasteiger partial charge >= 0.3 is 5.97 Å². The monoisotopic (exact) mass is 417 g/mol. The number of carbonyl (C=O) groups is 2. The number of pyridine rings is 1. The van der Waals surface area contributed by atoms with Gasteiger partial charge in [0, 0.05) is 33.8 Å². The first kappa shape index (κ1) is 22.9. The SMILES string of the molecule is CC(C)(C)c1cc(C(=O)Nc2cc(F)c(C(=O)O)c([N+](=O)[O-])c2)cc(C(C)(C)C)n1. The molecule has 0 bridgehead atoms. The van der Waals surface area contributed by atoms with Gasteiger partial charge in [-0.3, -0.25) is 19.9 Å². The van der Waals surface area contributed by atoms with Crippen LogP contribution in [0.4, 0.5) is 15.8 Å². The largest absolute Gasteiger partial charge is 0.477 e. The Morgan fingerprint density at radius 3 is 1.93 bits per heavy atom. The van der Waals surface area contributed by atoms with Crippen LogP contribution in [0.1, 0.15) is 73.6 Å². The number of anilines is 1. The number of carboxylic acid groups (broad SMARTS) is 1. The molecule has 2 N–H and O–H groups in total. The van der Waals surface area contributed by atoms with Gasteiger partial charge in [-0.15, -0.1) is 0 Å². The zero-order valence-electron chi connectivity index (χ0n) is 17.7. The van der Waals surface area contributed by atoms with Gasteiger partial charge < -0.3 is 10.4 Å². The molecule has 0 aliphatic carbocycles. The van der Waals surface area contributed by atoms with E-state index in [0.717, 1.165) is 12.1 Å². The standard InChI is InChI=1S/C21H24FN3O5/c1-20(2,3)15-7-11(8-16(24-15)21(4,5)6)18(26)23-12-9-13(22)17(19(27)28)14(10-12)25(29)30/h7-10H,1-6H3,(H,23,26)(H,27,28). The molecular weight excluding hydrogens is 393 g/mol. The third kappa shape index (κ3) is 4.97. The lowest BCUT2D eigenvalue weighted by Gasteiger charge is -2.24. The molecule has 0 fully saturated rings. The Labute approximate surface area is 173 Å². The predicted octanol–water partition coefficient (Wildman–Crippen LogP) is 4.67. The number of carbonyl (C=O) groups excluding carboxylic acids is 1. The highest BCUT2D eigenvalue weighted by Crippen LogP contribution is 2.29. The van der Waals surface area contributed by atoms with Crippen molar-refractivity contribution in [3.63, 3.8) is 0 Å². The maximum absolute atomic E-state index is 14.2. The number of aromatic nitrogens is 1. The molecule has 2 rings (SSSR count). The van der Waals surface area contributed by atoms with Gasteiger partial charge in [0.25, 0.3) is 11.6 Å². The molecule has 0 aliphatic rings. The van der Waals surface area contributed by atoms with E-state index >= 15 is 0 Å². The summed E-state index contributed by atoms with van der Waals surface area (Å²) in [5, 5.41) is 22.6. The number of benzene rings is 1. The fraction of sp³-hybridized carbons (Fsp3) is 0.381. The Bertz CT molecular complexity index is 1000. The summed E-state index contributed by atoms with van der Waals surface area (Å²) in [5.41, 5.74) is -1.30. The normalized spacial score (nSPS) is 11.8. The van der Waals surface area contributed by atoms with E-state index in [1.807, 2.05) is 41.5 Å². The number of hydrogen-bond donors (Lipinski definition) is 2. The van der Waals surface area contributed by atoms with Crippen molar-refractivity contribution in [1.82, 2.24) is 4.98 Å². The molecule has 2 aromatic rings. The van der Waals surface area contributed by atoms with Crippen LogP contribution in [-0.2, 0) is 10.8 Å². The molecule has 8 nitrogen and oxygen atoms in total. The van der Waals surface area contributed by atoms with E-state index in [0.29, 0.717) is 11.4 Å². The summed E-state index contributed by atoms with van der Waals surface area (Å²) in [6, 6.07) is 4.79. The molecule has 1 amide bonds. The number of aromatic carboxylic acids is 1. The number of hydrogen-bond acceptors (Lipinski definition) is 5. The van der Waals surface area contributed by atoms with Crippen molar-refractivity contribution in [2.24, 2.45) is 0 Å². The maximum Gasteiger partial charge on any atom is 0.345 e. The average Bonchev–Trinajstić information content (AvgIpc) is 2.58. The van der Waals surface area contributed by atoms with Gasteiger partial charge in [-0.05, 0) is 18.2 Å². The topological polar surface area (TPSA) is 122 Å². The van der Waals surface area contributed by atoms with Crippen LogP contribution in [0, 0.1) is 15.9 Å². The Hall–Kier alpha value is -3.36. The fourth-order valence-electron chi connectivity index (χ4n) is 2.65. The molecule has 160 valence electrons. The van der Waals surface area contributed by atoms with Crippen molar-refractivity contribution in [3.05, 3.63) is 62.7 Å². The van der Waals surface area contributed by atoms with E-state index in [4.69, 9.17) is 5.11 Å². The third-order valence-electron chi connectivity index (χ3n) is 4.36. The molecule has 1 aromatic heterocycles. The summed E-state index contributed by atoms with van der Waals surface area (Å²) in [4.78, 5) is 38.8. The number of rotatable bonds is 4. The van der Waals surface area contributed by atoms with Crippen LogP contribution < -0.4 is 5.32 Å². The van der Waals surface area contributed by atoms with Gasteiger partial charge in [-0.25, -0.2) is 9.18 Å². The minimum atomic E-state index is -1.77. The Balaban J connectivity index is 2.52. The van der Waals surface area contributed by atoms with Crippen molar-refractivity contribution in [2.75, 3.05) is 5.32 Å². The second-order valence-corrected chi connectivity index (χ2v) is 8.99. The molecule has 0 radical (unpaired) electrons. The van der Waals surface area contributed by atoms with Crippen LogP contribution in [0.2, 0.25) is 0 Å². The smallest absolute Gasteiger partial charge is 0.345 e. The van der Waals surface area contributed by atoms with E-state index in [1.54, 1.807) is 12.1 Å². The molecule has 0 spiro atoms. The van der Waals surface area contributed by atoms with E-state index < -0.39 is 33.9 Å². The molecule has 1 heterocycles. The molecule has 0 aliphatic heterocycles. The predicted molar refractivity (Wildman–Crippen MR) is 110 cm³/mol. The molecule has 0 saturated heterocycles. The number of halogens is 1. The van der Waals surface area contributed by atoms with Crippen molar-refractivity contribution < 1.29 is 24.0 Å². The van der Waals surface area contributed by atoms with Gasteiger partial charge in [-0.2, -0.15) is 0 Å². The van der Waals surface area contributed by atoms with Crippen LogP contribution in [0.5, 0.6) is 0 Å². The summed E-state index contributed by atoms with van der Waals surface area (Å²) >= 11 is 0. The Kier molecular flexibility index (Phi) is 5.97. The second-order valence-electron chi connectivity index (χ2n) is 8.99. The molecule has 0 atom stereocenters. The molecule has 0 unspecified atom stereocenters. The van der Waals surface area contributed by atoms with Crippen LogP contribution >= 0.6 is 0 Å². The lowest BCUT2D eigenvalue weighted by atomic mass is 9.86. The molecule has 30 heavy (non-hydrogen) atoms. The third-order valence-corrected chi connectivity index (χ3v) is 4.36. The number of nitro benzene ring substituents is 1. The first-order valence-electron chi connectivity index (χ1n) is 9.17. The lowest BCUT2D eigenvalue weighted by molar-refractivity contribution is -0.385. The van der Waals surface area contributed by atoms with Gasteiger partial charge in [0.1, 0.15) is 5.82 Å². The number of nitrogens with one attached hydrogen (secondary N) is 1. The van der Waals surface area contributed by atoms with Gasteiger partial charge in [0.05, 0.1) is 10.6 Å². The van der Waals surface area contributed by atoms with Crippen LogP contribution in [0.15, 0.2) is 24.3 Å². The first-order chi connectivity index (χ1) is 13.6. The maximum atomic E-state index is 14.2. The Morgan fingerprint density at radius 2 is 1.53 bits per heavy atom. The van der Waals surface area contributed by atoms with Gasteiger partial charge in [-0.1, -0.05) is 41.5 Å². The van der Waals surface area contributed by atoms with Crippen molar-refractivity contribution in [2.45, 2.75) is 52.4 Å². The van der Waals surface area contributed by atoms with E-state index in [2.05, 4.69) is 10.3 Å². The van der Waals surface area contributed by atoms with Crippen molar-refractivity contribution in [3.8, 4) is 0 Å². The highest BCUT2D eigenvalue weighted by Gasteiger charge is 2.27. The van der Waals surface area contributed by atoms with E-state index in [9.17, 15) is 24.1 Å².